The third-order valence-electron chi connectivity index (χ3n) is 8.58. The van der Waals surface area contributed by atoms with Crippen molar-refractivity contribution in [2.45, 2.75) is 50.5 Å². The van der Waals surface area contributed by atoms with Crippen LogP contribution >= 0.6 is 11.6 Å². The van der Waals surface area contributed by atoms with Crippen molar-refractivity contribution >= 4 is 17.3 Å². The van der Waals surface area contributed by atoms with Crippen LogP contribution in [0.1, 0.15) is 48.0 Å². The van der Waals surface area contributed by atoms with Gasteiger partial charge in [-0.25, -0.2) is 4.39 Å². The highest BCUT2D eigenvalue weighted by atomic mass is 35.5. The number of benzene rings is 2. The van der Waals surface area contributed by atoms with Gasteiger partial charge >= 0.3 is 6.18 Å². The number of nitrogens with zero attached hydrogens (tertiary/aromatic N) is 5. The lowest BCUT2D eigenvalue weighted by Crippen LogP contribution is -2.62. The molecule has 1 atom stereocenters. The van der Waals surface area contributed by atoms with E-state index in [0.29, 0.717) is 37.3 Å². The summed E-state index contributed by atoms with van der Waals surface area (Å²) in [6.07, 6.45) is -2.06. The number of halogens is 5. The average molecular weight is 548 g/mol. The zero-order chi connectivity index (χ0) is 26.2. The van der Waals surface area contributed by atoms with Crippen molar-refractivity contribution in [1.29, 1.82) is 0 Å². The molecule has 0 unspecified atom stereocenters. The van der Waals surface area contributed by atoms with E-state index >= 15 is 0 Å². The second-order valence-electron chi connectivity index (χ2n) is 11.1. The van der Waals surface area contributed by atoms with E-state index in [1.165, 1.54) is 12.1 Å². The van der Waals surface area contributed by atoms with Gasteiger partial charge in [0.25, 0.3) is 0 Å². The molecule has 200 valence electrons. The minimum atomic E-state index is -4.71. The highest BCUT2D eigenvalue weighted by molar-refractivity contribution is 6.30. The predicted molar refractivity (Wildman–Crippen MR) is 133 cm³/mol. The molecule has 1 aliphatic carbocycles. The van der Waals surface area contributed by atoms with Crippen LogP contribution < -0.4 is 4.90 Å². The smallest absolute Gasteiger partial charge is 0.380 e. The summed E-state index contributed by atoms with van der Waals surface area (Å²) in [4.78, 5) is 4.10. The van der Waals surface area contributed by atoms with E-state index in [1.807, 2.05) is 18.2 Å². The summed E-state index contributed by atoms with van der Waals surface area (Å²) in [5, 5.41) is 9.90. The van der Waals surface area contributed by atoms with E-state index in [9.17, 15) is 17.6 Å². The normalized spacial score (nSPS) is 23.1. The van der Waals surface area contributed by atoms with Gasteiger partial charge in [-0.1, -0.05) is 17.7 Å². The molecule has 7 rings (SSSR count). The lowest BCUT2D eigenvalue weighted by molar-refractivity contribution is -0.139. The van der Waals surface area contributed by atoms with Gasteiger partial charge in [0.05, 0.1) is 30.1 Å². The molecule has 0 radical (unpaired) electrons. The number of anilines is 1. The van der Waals surface area contributed by atoms with Crippen LogP contribution in [-0.2, 0) is 24.0 Å². The van der Waals surface area contributed by atoms with Gasteiger partial charge in [-0.05, 0) is 55.2 Å². The standard InChI is InChI=1S/C27H26ClF4N5O/c28-18-4-5-21-16(8-18)11-35(19-6-7-38-13-19)12-23-33-34-25(37(21)23)17-9-26(10-17)14-36(15-26)22-3-1-2-20(24(22)29)27(30,31)32/h1-5,8,17,19H,6-7,9-15H2/t19-/m1/s1. The number of aromatic nitrogens is 3. The molecule has 0 N–H and O–H groups in total. The third-order valence-corrected chi connectivity index (χ3v) is 8.81. The Labute approximate surface area is 222 Å². The van der Waals surface area contributed by atoms with Crippen molar-refractivity contribution in [1.82, 2.24) is 19.7 Å². The Morgan fingerprint density at radius 2 is 1.84 bits per heavy atom. The maximum Gasteiger partial charge on any atom is 0.419 e. The highest BCUT2D eigenvalue weighted by Gasteiger charge is 2.55. The van der Waals surface area contributed by atoms with Crippen LogP contribution in [0.2, 0.25) is 5.02 Å². The maximum atomic E-state index is 14.6. The van der Waals surface area contributed by atoms with E-state index in [2.05, 4.69) is 19.7 Å². The van der Waals surface area contributed by atoms with Gasteiger partial charge in [0.1, 0.15) is 5.82 Å². The number of rotatable bonds is 3. The quantitative estimate of drug-likeness (QED) is 0.401. The van der Waals surface area contributed by atoms with Gasteiger partial charge < -0.3 is 9.64 Å². The van der Waals surface area contributed by atoms with Crippen LogP contribution in [0.3, 0.4) is 0 Å². The van der Waals surface area contributed by atoms with Crippen LogP contribution in [0.15, 0.2) is 36.4 Å². The third kappa shape index (κ3) is 3.91. The first-order valence-electron chi connectivity index (χ1n) is 12.9. The van der Waals surface area contributed by atoms with Crippen LogP contribution in [0.25, 0.3) is 5.69 Å². The molecule has 0 bridgehead atoms. The summed E-state index contributed by atoms with van der Waals surface area (Å²) >= 11 is 6.38. The maximum absolute atomic E-state index is 14.6. The lowest BCUT2D eigenvalue weighted by Gasteiger charge is -2.59. The van der Waals surface area contributed by atoms with Crippen molar-refractivity contribution in [2.75, 3.05) is 31.2 Å². The first kappa shape index (κ1) is 24.4. The number of hydrogen-bond acceptors (Lipinski definition) is 5. The second kappa shape index (κ2) is 8.66. The molecule has 2 saturated heterocycles. The SMILES string of the molecule is Fc1c(N2CC3(CC(c4nnc5n4-c4ccc(Cl)cc4CN([C@@H]4CCOC4)C5)C3)C2)cccc1C(F)(F)F. The fourth-order valence-corrected chi connectivity index (χ4v) is 6.92. The van der Waals surface area contributed by atoms with Gasteiger partial charge in [-0.2, -0.15) is 13.2 Å². The molecule has 2 aromatic carbocycles. The summed E-state index contributed by atoms with van der Waals surface area (Å²) in [5.41, 5.74) is 0.914. The largest absolute Gasteiger partial charge is 0.419 e. The molecule has 38 heavy (non-hydrogen) atoms. The van der Waals surface area contributed by atoms with Gasteiger partial charge in [0, 0.05) is 48.6 Å². The Hall–Kier alpha value is -2.69. The topological polar surface area (TPSA) is 46.4 Å². The lowest BCUT2D eigenvalue weighted by atomic mass is 9.57. The second-order valence-corrected chi connectivity index (χ2v) is 11.5. The van der Waals surface area contributed by atoms with Crippen molar-refractivity contribution in [2.24, 2.45) is 5.41 Å². The van der Waals surface area contributed by atoms with E-state index in [0.717, 1.165) is 61.4 Å². The average Bonchev–Trinajstić information content (AvgIpc) is 3.45. The van der Waals surface area contributed by atoms with Crippen molar-refractivity contribution in [3.05, 3.63) is 70.0 Å². The molecule has 3 aliphatic heterocycles. The Bertz CT molecular complexity index is 1390. The first-order chi connectivity index (χ1) is 18.2. The summed E-state index contributed by atoms with van der Waals surface area (Å²) < 4.78 is 62.0. The molecular formula is C27H26ClF4N5O. The number of ether oxygens (including phenoxy) is 1. The van der Waals surface area contributed by atoms with Crippen molar-refractivity contribution < 1.29 is 22.3 Å². The minimum absolute atomic E-state index is 0.0204. The van der Waals surface area contributed by atoms with Gasteiger partial charge in [-0.3, -0.25) is 9.47 Å². The fraction of sp³-hybridized carbons (Fsp3) is 0.481. The summed E-state index contributed by atoms with van der Waals surface area (Å²) in [5.74, 6) is 0.772. The molecule has 3 fully saturated rings. The van der Waals surface area contributed by atoms with Gasteiger partial charge in [-0.15, -0.1) is 10.2 Å². The molecule has 0 amide bonds. The number of alkyl halides is 3. The van der Waals surface area contributed by atoms with Gasteiger partial charge in [0.15, 0.2) is 11.6 Å². The Kier molecular flexibility index (Phi) is 5.55. The van der Waals surface area contributed by atoms with Crippen LogP contribution in [0.5, 0.6) is 0 Å². The molecule has 1 spiro atoms. The summed E-state index contributed by atoms with van der Waals surface area (Å²) in [6.45, 7) is 3.93. The summed E-state index contributed by atoms with van der Waals surface area (Å²) in [7, 11) is 0. The Morgan fingerprint density at radius 3 is 2.58 bits per heavy atom. The van der Waals surface area contributed by atoms with E-state index in [4.69, 9.17) is 16.3 Å². The van der Waals surface area contributed by atoms with E-state index in [-0.39, 0.29) is 17.0 Å². The molecule has 11 heteroatoms. The van der Waals surface area contributed by atoms with Crippen LogP contribution in [0.4, 0.5) is 23.2 Å². The fourth-order valence-electron chi connectivity index (χ4n) is 6.73. The molecule has 4 heterocycles. The Balaban J connectivity index is 1.12. The van der Waals surface area contributed by atoms with Gasteiger partial charge in [0.2, 0.25) is 0 Å². The first-order valence-corrected chi connectivity index (χ1v) is 13.2. The zero-order valence-corrected chi connectivity index (χ0v) is 21.3. The summed E-state index contributed by atoms with van der Waals surface area (Å²) in [6, 6.07) is 9.72. The van der Waals surface area contributed by atoms with Crippen molar-refractivity contribution in [3.8, 4) is 5.69 Å². The number of fused-ring (bicyclic) bond motifs is 3. The molecule has 4 aliphatic rings. The molecule has 1 saturated carbocycles. The Morgan fingerprint density at radius 1 is 1.03 bits per heavy atom. The monoisotopic (exact) mass is 547 g/mol. The highest BCUT2D eigenvalue weighted by Crippen LogP contribution is 2.57. The molecule has 1 aromatic heterocycles. The zero-order valence-electron chi connectivity index (χ0n) is 20.5. The van der Waals surface area contributed by atoms with Crippen LogP contribution in [0, 0.1) is 11.2 Å². The van der Waals surface area contributed by atoms with Crippen LogP contribution in [-0.4, -0.2) is 52.0 Å². The van der Waals surface area contributed by atoms with E-state index in [1.54, 1.807) is 4.90 Å². The molecule has 3 aromatic rings. The molecule has 6 nitrogen and oxygen atoms in total. The van der Waals surface area contributed by atoms with E-state index < -0.39 is 17.6 Å². The predicted octanol–water partition coefficient (Wildman–Crippen LogP) is 5.57. The minimum Gasteiger partial charge on any atom is -0.380 e. The molecular weight excluding hydrogens is 522 g/mol. The van der Waals surface area contributed by atoms with Crippen molar-refractivity contribution in [3.63, 3.8) is 0 Å². The number of hydrogen-bond donors (Lipinski definition) is 0.